The van der Waals surface area contributed by atoms with Gasteiger partial charge >= 0.3 is 16.4 Å². The Hall–Kier alpha value is -3.53. The van der Waals surface area contributed by atoms with Crippen molar-refractivity contribution in [3.8, 4) is 0 Å². The number of likely N-dealkylation sites (tertiary alicyclic amines) is 1. The Morgan fingerprint density at radius 3 is 2.41 bits per heavy atom. The molecule has 15 heteroatoms. The molecule has 1 saturated heterocycles. The van der Waals surface area contributed by atoms with Crippen molar-refractivity contribution in [2.24, 2.45) is 0 Å². The van der Waals surface area contributed by atoms with E-state index in [1.807, 2.05) is 37.6 Å². The molecular weight excluding hydrogens is 654 g/mol. The maximum absolute atomic E-state index is 13.4. The number of nitrogens with one attached hydrogen (secondary N) is 3. The minimum atomic E-state index is -4.44. The van der Waals surface area contributed by atoms with Crippen molar-refractivity contribution < 1.29 is 41.6 Å². The van der Waals surface area contributed by atoms with Gasteiger partial charge in [-0.25, -0.2) is 13.7 Å². The molecule has 0 bridgehead atoms. The molecule has 2 aliphatic heterocycles. The lowest BCUT2D eigenvalue weighted by molar-refractivity contribution is -0.141. The third-order valence-electron chi connectivity index (χ3n) is 8.69. The van der Waals surface area contributed by atoms with E-state index in [1.165, 1.54) is 15.9 Å². The molecule has 4 amide bonds. The molecule has 2 heterocycles. The van der Waals surface area contributed by atoms with Gasteiger partial charge in [-0.2, -0.15) is 8.42 Å². The molecule has 0 aromatic heterocycles. The summed E-state index contributed by atoms with van der Waals surface area (Å²) in [6.07, 6.45) is 7.01. The zero-order valence-corrected chi connectivity index (χ0v) is 30.8. The summed E-state index contributed by atoms with van der Waals surface area (Å²) in [4.78, 5) is 53.5. The normalized spacial score (nSPS) is 18.5. The van der Waals surface area contributed by atoms with E-state index in [-0.39, 0.29) is 19.1 Å². The molecule has 4 N–H and O–H groups in total. The lowest BCUT2D eigenvalue weighted by Crippen LogP contribution is -2.56. The Labute approximate surface area is 291 Å². The molecule has 2 rings (SSSR count). The van der Waals surface area contributed by atoms with Gasteiger partial charge in [0, 0.05) is 19.6 Å². The molecule has 0 saturated carbocycles. The van der Waals surface area contributed by atoms with Gasteiger partial charge in [0.2, 0.25) is 11.8 Å². The molecule has 3 atom stereocenters. The lowest BCUT2D eigenvalue weighted by atomic mass is 10.0. The average Bonchev–Trinajstić information content (AvgIpc) is 3.65. The minimum Gasteiger partial charge on any atom is -0.465 e. The van der Waals surface area contributed by atoms with E-state index in [2.05, 4.69) is 23.8 Å². The second-order valence-corrected chi connectivity index (χ2v) is 15.0. The first-order chi connectivity index (χ1) is 22.7. The summed E-state index contributed by atoms with van der Waals surface area (Å²) in [6.45, 7) is 21.2. The molecule has 0 spiro atoms. The summed E-state index contributed by atoms with van der Waals surface area (Å²) in [5.41, 5.74) is 1.16. The number of hydrogen-bond acceptors (Lipinski definition) is 9. The Morgan fingerprint density at radius 2 is 1.82 bits per heavy atom. The van der Waals surface area contributed by atoms with Crippen LogP contribution in [0.2, 0.25) is 0 Å². The Kier molecular flexibility index (Phi) is 15.2. The highest BCUT2D eigenvalue weighted by molar-refractivity contribution is 7.85. The molecule has 1 fully saturated rings. The van der Waals surface area contributed by atoms with Crippen LogP contribution >= 0.6 is 0 Å². The van der Waals surface area contributed by atoms with Crippen LogP contribution in [0, 0.1) is 0 Å². The van der Waals surface area contributed by atoms with Crippen LogP contribution in [0.5, 0.6) is 0 Å². The number of carboxylic acid groups (broad SMARTS) is 1. The first-order valence-corrected chi connectivity index (χ1v) is 18.0. The Morgan fingerprint density at radius 1 is 1.14 bits per heavy atom. The van der Waals surface area contributed by atoms with Crippen molar-refractivity contribution in [1.29, 1.82) is 0 Å². The number of hydrogen-bond donors (Lipinski definition) is 4. The SMILES string of the molecule is C=CCC(NC(=O)C1CCCN1C(=O)C(C)NCOC(C)(C)CCC=CC(=C)C1=C(C)CN(C(=O)O)C1)C(=O)NS(=O)(=O)OC(C)(C)CC. The van der Waals surface area contributed by atoms with Crippen LogP contribution in [0.1, 0.15) is 87.0 Å². The second kappa shape index (κ2) is 17.9. The molecule has 0 aromatic rings. The molecule has 14 nitrogen and oxygen atoms in total. The number of ether oxygens (including phenoxy) is 1. The van der Waals surface area contributed by atoms with Crippen molar-refractivity contribution in [2.75, 3.05) is 26.4 Å². The van der Waals surface area contributed by atoms with Gasteiger partial charge in [0.1, 0.15) is 12.1 Å². The third kappa shape index (κ3) is 13.0. The quantitative estimate of drug-likeness (QED) is 0.0879. The zero-order chi connectivity index (χ0) is 37.2. The smallest absolute Gasteiger partial charge is 0.407 e. The van der Waals surface area contributed by atoms with Gasteiger partial charge in [-0.15, -0.1) is 6.58 Å². The van der Waals surface area contributed by atoms with E-state index >= 15 is 0 Å². The molecular formula is C34H55N5O9S. The molecule has 0 aliphatic carbocycles. The summed E-state index contributed by atoms with van der Waals surface area (Å²) in [5, 5.41) is 14.9. The van der Waals surface area contributed by atoms with E-state index in [0.717, 1.165) is 16.7 Å². The van der Waals surface area contributed by atoms with Crippen molar-refractivity contribution >= 4 is 34.1 Å². The van der Waals surface area contributed by atoms with Gasteiger partial charge in [-0.3, -0.25) is 19.7 Å². The van der Waals surface area contributed by atoms with E-state index in [0.29, 0.717) is 51.7 Å². The largest absolute Gasteiger partial charge is 0.465 e. The van der Waals surface area contributed by atoms with E-state index in [1.54, 1.807) is 27.7 Å². The van der Waals surface area contributed by atoms with Gasteiger partial charge < -0.3 is 25.0 Å². The predicted molar refractivity (Wildman–Crippen MR) is 186 cm³/mol. The van der Waals surface area contributed by atoms with Crippen LogP contribution in [0.25, 0.3) is 0 Å². The second-order valence-electron chi connectivity index (χ2n) is 13.7. The van der Waals surface area contributed by atoms with Crippen molar-refractivity contribution in [2.45, 2.75) is 116 Å². The molecule has 0 aromatic carbocycles. The van der Waals surface area contributed by atoms with Crippen LogP contribution < -0.4 is 15.4 Å². The van der Waals surface area contributed by atoms with Crippen LogP contribution in [-0.4, -0.2) is 103 Å². The standard InChI is InChI=1S/C34H55N5O9S/c1-10-15-27(29(40)37-49(45,46)48-33(6,7)11-2)36-30(41)28-17-14-19-39(28)31(42)25(5)35-22-47-34(8,9)18-13-12-16-23(3)26-21-38(32(43)44)20-24(26)4/h10,12,16,25,27-28,35H,1,3,11,13-15,17-22H2,2,4-9H3,(H,36,41)(H,37,40)(H,43,44). The molecule has 276 valence electrons. The number of rotatable bonds is 19. The number of carbonyl (C=O) groups is 4. The van der Waals surface area contributed by atoms with Crippen LogP contribution in [0.3, 0.4) is 0 Å². The Balaban J connectivity index is 1.87. The lowest BCUT2D eigenvalue weighted by Gasteiger charge is -2.30. The maximum atomic E-state index is 13.4. The summed E-state index contributed by atoms with van der Waals surface area (Å²) in [7, 11) is -4.44. The van der Waals surface area contributed by atoms with Crippen LogP contribution in [0.15, 0.2) is 48.1 Å². The summed E-state index contributed by atoms with van der Waals surface area (Å²) in [5.74, 6) is -1.85. The van der Waals surface area contributed by atoms with E-state index in [4.69, 9.17) is 8.92 Å². The van der Waals surface area contributed by atoms with Gasteiger partial charge in [-0.05, 0) is 96.8 Å². The van der Waals surface area contributed by atoms with Crippen molar-refractivity contribution in [3.05, 3.63) is 48.1 Å². The van der Waals surface area contributed by atoms with E-state index < -0.39 is 57.5 Å². The summed E-state index contributed by atoms with van der Waals surface area (Å²) < 4.78 is 37.8. The summed E-state index contributed by atoms with van der Waals surface area (Å²) >= 11 is 0. The number of allylic oxidation sites excluding steroid dienone is 2. The van der Waals surface area contributed by atoms with Gasteiger partial charge in [0.25, 0.3) is 5.91 Å². The zero-order valence-electron chi connectivity index (χ0n) is 30.0. The highest BCUT2D eigenvalue weighted by Gasteiger charge is 2.38. The first-order valence-electron chi connectivity index (χ1n) is 16.6. The van der Waals surface area contributed by atoms with Crippen LogP contribution in [-0.2, 0) is 33.6 Å². The molecule has 3 unspecified atom stereocenters. The van der Waals surface area contributed by atoms with Crippen LogP contribution in [0.4, 0.5) is 4.79 Å². The predicted octanol–water partition coefficient (Wildman–Crippen LogP) is 3.54. The van der Waals surface area contributed by atoms with E-state index in [9.17, 15) is 32.7 Å². The van der Waals surface area contributed by atoms with Gasteiger partial charge in [0.05, 0.1) is 24.0 Å². The number of carbonyl (C=O) groups excluding carboxylic acids is 3. The third-order valence-corrected chi connectivity index (χ3v) is 9.81. The monoisotopic (exact) mass is 709 g/mol. The highest BCUT2D eigenvalue weighted by atomic mass is 32.2. The highest BCUT2D eigenvalue weighted by Crippen LogP contribution is 2.25. The fourth-order valence-electron chi connectivity index (χ4n) is 5.34. The number of amides is 4. The topological polar surface area (TPSA) is 184 Å². The van der Waals surface area contributed by atoms with Gasteiger partial charge in [-0.1, -0.05) is 31.7 Å². The fraction of sp³-hybridized carbons (Fsp3) is 0.647. The van der Waals surface area contributed by atoms with Gasteiger partial charge in [0.15, 0.2) is 0 Å². The molecule has 2 aliphatic rings. The maximum Gasteiger partial charge on any atom is 0.407 e. The minimum absolute atomic E-state index is 0.0379. The summed E-state index contributed by atoms with van der Waals surface area (Å²) in [6, 6.07) is -2.74. The van der Waals surface area contributed by atoms with Crippen molar-refractivity contribution in [3.63, 3.8) is 0 Å². The number of nitrogens with zero attached hydrogens (tertiary/aromatic N) is 2. The first kappa shape index (κ1) is 41.6. The average molecular weight is 710 g/mol. The fourth-order valence-corrected chi connectivity index (χ4v) is 6.48. The molecule has 0 radical (unpaired) electrons. The Bertz CT molecular complexity index is 1420. The molecule has 49 heavy (non-hydrogen) atoms. The van der Waals surface area contributed by atoms with Crippen molar-refractivity contribution in [1.82, 2.24) is 25.2 Å².